The third-order valence-corrected chi connectivity index (χ3v) is 2.45. The molecular weight excluding hydrogens is 262 g/mol. The maximum absolute atomic E-state index is 12.9. The number of aliphatic imine (C=N–C) groups is 1. The molecule has 1 aromatic carbocycles. The lowest BCUT2D eigenvalue weighted by Crippen LogP contribution is -2.36. The van der Waals surface area contributed by atoms with Crippen molar-refractivity contribution in [2.24, 2.45) is 4.99 Å². The van der Waals surface area contributed by atoms with Crippen LogP contribution in [0, 0.1) is 5.82 Å². The van der Waals surface area contributed by atoms with Crippen LogP contribution < -0.4 is 5.32 Å². The molecule has 1 N–H and O–H groups in total. The van der Waals surface area contributed by atoms with E-state index in [9.17, 15) is 17.6 Å². The van der Waals surface area contributed by atoms with Gasteiger partial charge in [-0.25, -0.2) is 4.39 Å². The molecule has 0 aliphatic carbocycles. The van der Waals surface area contributed by atoms with Gasteiger partial charge < -0.3 is 10.2 Å². The maximum atomic E-state index is 12.9. The molecule has 106 valence electrons. The van der Waals surface area contributed by atoms with Crippen molar-refractivity contribution in [1.82, 2.24) is 10.2 Å². The molecule has 0 atom stereocenters. The zero-order valence-electron chi connectivity index (χ0n) is 10.8. The molecule has 0 saturated carbocycles. The summed E-state index contributed by atoms with van der Waals surface area (Å²) in [5, 5.41) is 2.77. The van der Waals surface area contributed by atoms with Gasteiger partial charge in [-0.1, -0.05) is 6.07 Å². The van der Waals surface area contributed by atoms with Gasteiger partial charge in [0.1, 0.15) is 5.82 Å². The molecule has 1 aromatic rings. The predicted octanol–water partition coefficient (Wildman–Crippen LogP) is 2.48. The number of nitrogens with one attached hydrogen (secondary N) is 1. The molecule has 0 saturated heterocycles. The molecule has 0 aliphatic heterocycles. The first-order chi connectivity index (χ1) is 8.75. The second-order valence-electron chi connectivity index (χ2n) is 4.09. The number of guanidine groups is 1. The van der Waals surface area contributed by atoms with E-state index in [1.807, 2.05) is 0 Å². The first-order valence-electron chi connectivity index (χ1n) is 5.49. The lowest BCUT2D eigenvalue weighted by molar-refractivity contribution is -0.138. The number of hydrogen-bond donors (Lipinski definition) is 1. The van der Waals surface area contributed by atoms with Gasteiger partial charge in [-0.2, -0.15) is 13.2 Å². The molecule has 19 heavy (non-hydrogen) atoms. The highest BCUT2D eigenvalue weighted by atomic mass is 19.4. The molecule has 7 heteroatoms. The fraction of sp³-hybridized carbons (Fsp3) is 0.417. The molecule has 0 radical (unpaired) electrons. The van der Waals surface area contributed by atoms with E-state index in [0.29, 0.717) is 12.0 Å². The number of hydrogen-bond acceptors (Lipinski definition) is 1. The SMILES string of the molecule is CN=C(NCc1ccc(F)cc1C(F)(F)F)N(C)C. The molecular formula is C12H15F4N3. The summed E-state index contributed by atoms with van der Waals surface area (Å²) in [7, 11) is 4.95. The van der Waals surface area contributed by atoms with E-state index in [2.05, 4.69) is 10.3 Å². The van der Waals surface area contributed by atoms with Gasteiger partial charge >= 0.3 is 6.18 Å². The molecule has 1 rings (SSSR count). The van der Waals surface area contributed by atoms with Crippen molar-refractivity contribution >= 4 is 5.96 Å². The molecule has 0 heterocycles. The van der Waals surface area contributed by atoms with E-state index in [1.54, 1.807) is 19.0 Å². The lowest BCUT2D eigenvalue weighted by Gasteiger charge is -2.18. The van der Waals surface area contributed by atoms with Crippen molar-refractivity contribution in [2.45, 2.75) is 12.7 Å². The van der Waals surface area contributed by atoms with Crippen LogP contribution in [-0.4, -0.2) is 32.0 Å². The van der Waals surface area contributed by atoms with Gasteiger partial charge in [0.15, 0.2) is 5.96 Å². The van der Waals surface area contributed by atoms with E-state index < -0.39 is 17.6 Å². The summed E-state index contributed by atoms with van der Waals surface area (Å²) < 4.78 is 51.2. The van der Waals surface area contributed by atoms with Gasteiger partial charge in [0.25, 0.3) is 0 Å². The molecule has 0 aromatic heterocycles. The van der Waals surface area contributed by atoms with E-state index >= 15 is 0 Å². The Hall–Kier alpha value is -1.79. The van der Waals surface area contributed by atoms with Crippen LogP contribution >= 0.6 is 0 Å². The van der Waals surface area contributed by atoms with E-state index in [4.69, 9.17) is 0 Å². The second-order valence-corrected chi connectivity index (χ2v) is 4.09. The van der Waals surface area contributed by atoms with Crippen molar-refractivity contribution in [3.05, 3.63) is 35.1 Å². The Kier molecular flexibility index (Phi) is 4.74. The number of alkyl halides is 3. The number of nitrogens with zero attached hydrogens (tertiary/aromatic N) is 2. The Balaban J connectivity index is 2.96. The summed E-state index contributed by atoms with van der Waals surface area (Å²) in [4.78, 5) is 5.52. The third kappa shape index (κ3) is 4.11. The van der Waals surface area contributed by atoms with Crippen molar-refractivity contribution in [2.75, 3.05) is 21.1 Å². The summed E-state index contributed by atoms with van der Waals surface area (Å²) in [5.74, 6) is -0.467. The average Bonchev–Trinajstić information content (AvgIpc) is 2.29. The van der Waals surface area contributed by atoms with Gasteiger partial charge in [0.2, 0.25) is 0 Å². The standard InChI is InChI=1S/C12H15F4N3/c1-17-11(19(2)3)18-7-8-4-5-9(13)6-10(8)12(14,15)16/h4-6H,7H2,1-3H3,(H,17,18). The first-order valence-corrected chi connectivity index (χ1v) is 5.49. The number of benzene rings is 1. The minimum Gasteiger partial charge on any atom is -0.352 e. The van der Waals surface area contributed by atoms with E-state index in [0.717, 1.165) is 12.1 Å². The molecule has 0 aliphatic rings. The molecule has 3 nitrogen and oxygen atoms in total. The quantitative estimate of drug-likeness (QED) is 0.511. The monoisotopic (exact) mass is 277 g/mol. The summed E-state index contributed by atoms with van der Waals surface area (Å²) in [6.07, 6.45) is -4.58. The van der Waals surface area contributed by atoms with Crippen LogP contribution in [0.1, 0.15) is 11.1 Å². The van der Waals surface area contributed by atoms with Crippen LogP contribution in [0.2, 0.25) is 0 Å². The zero-order chi connectivity index (χ0) is 14.6. The fourth-order valence-electron chi connectivity index (χ4n) is 1.58. The van der Waals surface area contributed by atoms with Gasteiger partial charge in [-0.3, -0.25) is 4.99 Å². The van der Waals surface area contributed by atoms with Crippen LogP contribution in [-0.2, 0) is 12.7 Å². The highest BCUT2D eigenvalue weighted by molar-refractivity contribution is 5.79. The Morgan fingerprint density at radius 2 is 1.95 bits per heavy atom. The van der Waals surface area contributed by atoms with Crippen molar-refractivity contribution in [3.63, 3.8) is 0 Å². The topological polar surface area (TPSA) is 27.6 Å². The fourth-order valence-corrected chi connectivity index (χ4v) is 1.58. The van der Waals surface area contributed by atoms with Crippen LogP contribution in [0.25, 0.3) is 0 Å². The van der Waals surface area contributed by atoms with Gasteiger partial charge in [0, 0.05) is 27.7 Å². The normalized spacial score (nSPS) is 12.5. The van der Waals surface area contributed by atoms with Gasteiger partial charge in [-0.05, 0) is 17.7 Å². The zero-order valence-corrected chi connectivity index (χ0v) is 10.8. The van der Waals surface area contributed by atoms with Crippen LogP contribution in [0.4, 0.5) is 17.6 Å². The third-order valence-electron chi connectivity index (χ3n) is 2.45. The van der Waals surface area contributed by atoms with Gasteiger partial charge in [-0.15, -0.1) is 0 Å². The van der Waals surface area contributed by atoms with E-state index in [1.165, 1.54) is 7.05 Å². The van der Waals surface area contributed by atoms with Crippen molar-refractivity contribution in [3.8, 4) is 0 Å². The van der Waals surface area contributed by atoms with Crippen molar-refractivity contribution < 1.29 is 17.6 Å². The highest BCUT2D eigenvalue weighted by Crippen LogP contribution is 2.32. The summed E-state index contributed by atoms with van der Waals surface area (Å²) >= 11 is 0. The van der Waals surface area contributed by atoms with Crippen LogP contribution in [0.5, 0.6) is 0 Å². The van der Waals surface area contributed by atoms with Crippen LogP contribution in [0.15, 0.2) is 23.2 Å². The summed E-state index contributed by atoms with van der Waals surface area (Å²) in [5.41, 5.74) is -1.01. The maximum Gasteiger partial charge on any atom is 0.416 e. The minimum absolute atomic E-state index is 0.0306. The smallest absolute Gasteiger partial charge is 0.352 e. The Morgan fingerprint density at radius 3 is 2.42 bits per heavy atom. The lowest BCUT2D eigenvalue weighted by atomic mass is 10.1. The summed E-state index contributed by atoms with van der Waals surface area (Å²) in [6.45, 7) is -0.0834. The van der Waals surface area contributed by atoms with Crippen molar-refractivity contribution in [1.29, 1.82) is 0 Å². The molecule has 0 unspecified atom stereocenters. The number of halogens is 4. The molecule has 0 fully saturated rings. The number of rotatable bonds is 2. The molecule has 0 bridgehead atoms. The second kappa shape index (κ2) is 5.90. The largest absolute Gasteiger partial charge is 0.416 e. The Labute approximate surface area is 108 Å². The van der Waals surface area contributed by atoms with Gasteiger partial charge in [0.05, 0.1) is 5.56 Å². The Morgan fingerprint density at radius 1 is 1.32 bits per heavy atom. The average molecular weight is 277 g/mol. The van der Waals surface area contributed by atoms with E-state index in [-0.39, 0.29) is 12.1 Å². The predicted molar refractivity (Wildman–Crippen MR) is 65.3 cm³/mol. The van der Waals surface area contributed by atoms with Crippen LogP contribution in [0.3, 0.4) is 0 Å². The minimum atomic E-state index is -4.58. The first kappa shape index (κ1) is 15.3. The molecule has 0 amide bonds. The summed E-state index contributed by atoms with van der Waals surface area (Å²) in [6, 6.07) is 2.62. The molecule has 0 spiro atoms. The highest BCUT2D eigenvalue weighted by Gasteiger charge is 2.33. The Bertz CT molecular complexity index is 467.